The van der Waals surface area contributed by atoms with Crippen LogP contribution in [0.2, 0.25) is 10.0 Å². The number of hydrogen-bond donors (Lipinski definition) is 1. The van der Waals surface area contributed by atoms with E-state index in [4.69, 9.17) is 32.4 Å². The van der Waals surface area contributed by atoms with Crippen molar-refractivity contribution in [2.75, 3.05) is 5.32 Å². The molecule has 4 rings (SSSR count). The first-order valence-electron chi connectivity index (χ1n) is 10.0. The normalized spacial score (nSPS) is 10.8. The molecule has 1 amide bonds. The molecule has 0 spiro atoms. The highest BCUT2D eigenvalue weighted by Crippen LogP contribution is 2.24. The lowest BCUT2D eigenvalue weighted by Gasteiger charge is -2.06. The van der Waals surface area contributed by atoms with Crippen molar-refractivity contribution in [3.63, 3.8) is 0 Å². The van der Waals surface area contributed by atoms with E-state index in [1.54, 1.807) is 48.1 Å². The van der Waals surface area contributed by atoms with Gasteiger partial charge in [0.1, 0.15) is 18.1 Å². The zero-order valence-electron chi connectivity index (χ0n) is 17.8. The van der Waals surface area contributed by atoms with Crippen molar-refractivity contribution in [2.45, 2.75) is 20.1 Å². The van der Waals surface area contributed by atoms with Crippen LogP contribution in [0.5, 0.6) is 5.75 Å². The first-order chi connectivity index (χ1) is 16.3. The zero-order valence-corrected chi connectivity index (χ0v) is 19.3. The van der Waals surface area contributed by atoms with E-state index in [1.165, 1.54) is 18.2 Å². The number of ether oxygens (including phenoxy) is 1. The summed E-state index contributed by atoms with van der Waals surface area (Å²) in [5.41, 5.74) is 1.34. The standard InChI is InChI=1S/C23H18Cl2N4O5/c1-14-10-17(4-6-20(14)29(31)32)33-13-18-5-7-21(34-18)23(30)26-22-8-9-28(27-22)12-15-2-3-16(24)11-19(15)25/h2-11H,12-13H2,1H3,(H,26,27,30). The maximum absolute atomic E-state index is 12.5. The molecule has 11 heteroatoms. The summed E-state index contributed by atoms with van der Waals surface area (Å²) in [6.07, 6.45) is 1.72. The molecule has 0 unspecified atom stereocenters. The molecule has 0 bridgehead atoms. The number of nitrogens with one attached hydrogen (secondary N) is 1. The Morgan fingerprint density at radius 3 is 2.74 bits per heavy atom. The van der Waals surface area contributed by atoms with Crippen LogP contribution < -0.4 is 10.1 Å². The third kappa shape index (κ3) is 5.56. The molecule has 2 aromatic carbocycles. The highest BCUT2D eigenvalue weighted by atomic mass is 35.5. The number of hydrogen-bond acceptors (Lipinski definition) is 6. The fraction of sp³-hybridized carbons (Fsp3) is 0.130. The minimum Gasteiger partial charge on any atom is -0.486 e. The fourth-order valence-corrected chi connectivity index (χ4v) is 3.64. The van der Waals surface area contributed by atoms with Gasteiger partial charge in [-0.3, -0.25) is 19.6 Å². The Bertz CT molecular complexity index is 1370. The number of amides is 1. The second-order valence-corrected chi connectivity index (χ2v) is 8.19. The quantitative estimate of drug-likeness (QED) is 0.238. The summed E-state index contributed by atoms with van der Waals surface area (Å²) in [5, 5.41) is 19.0. The Morgan fingerprint density at radius 2 is 2.00 bits per heavy atom. The largest absolute Gasteiger partial charge is 0.486 e. The lowest BCUT2D eigenvalue weighted by Crippen LogP contribution is -2.12. The fourth-order valence-electron chi connectivity index (χ4n) is 3.17. The average Bonchev–Trinajstić information content (AvgIpc) is 3.43. The molecule has 1 N–H and O–H groups in total. The third-order valence-corrected chi connectivity index (χ3v) is 5.45. The maximum Gasteiger partial charge on any atom is 0.292 e. The minimum absolute atomic E-state index is 0.0167. The average molecular weight is 501 g/mol. The zero-order chi connectivity index (χ0) is 24.2. The van der Waals surface area contributed by atoms with Gasteiger partial charge in [-0.15, -0.1) is 0 Å². The van der Waals surface area contributed by atoms with Crippen LogP contribution in [0.15, 0.2) is 65.2 Å². The summed E-state index contributed by atoms with van der Waals surface area (Å²) in [6, 6.07) is 14.5. The van der Waals surface area contributed by atoms with Crippen LogP contribution in [0.3, 0.4) is 0 Å². The Hall–Kier alpha value is -3.82. The van der Waals surface area contributed by atoms with E-state index in [2.05, 4.69) is 10.4 Å². The second-order valence-electron chi connectivity index (χ2n) is 7.35. The number of rotatable bonds is 8. The van der Waals surface area contributed by atoms with Gasteiger partial charge < -0.3 is 14.5 Å². The molecule has 2 aromatic heterocycles. The van der Waals surface area contributed by atoms with Gasteiger partial charge in [0.15, 0.2) is 11.6 Å². The molecule has 0 aliphatic rings. The molecule has 9 nitrogen and oxygen atoms in total. The summed E-state index contributed by atoms with van der Waals surface area (Å²) in [5.74, 6) is 0.854. The molecule has 0 aliphatic carbocycles. The molecule has 174 valence electrons. The molecule has 0 atom stereocenters. The van der Waals surface area contributed by atoms with Gasteiger partial charge in [-0.05, 0) is 48.9 Å². The van der Waals surface area contributed by atoms with E-state index in [-0.39, 0.29) is 18.1 Å². The van der Waals surface area contributed by atoms with Crippen molar-refractivity contribution in [2.24, 2.45) is 0 Å². The molecular formula is C23H18Cl2N4O5. The summed E-state index contributed by atoms with van der Waals surface area (Å²) in [7, 11) is 0. The van der Waals surface area contributed by atoms with E-state index in [0.717, 1.165) is 5.56 Å². The van der Waals surface area contributed by atoms with Gasteiger partial charge >= 0.3 is 0 Å². The topological polar surface area (TPSA) is 112 Å². The number of anilines is 1. The summed E-state index contributed by atoms with van der Waals surface area (Å²) >= 11 is 12.1. The minimum atomic E-state index is -0.466. The van der Waals surface area contributed by atoms with Crippen LogP contribution >= 0.6 is 23.2 Å². The van der Waals surface area contributed by atoms with E-state index in [9.17, 15) is 14.9 Å². The van der Waals surface area contributed by atoms with Crippen LogP contribution in [0, 0.1) is 17.0 Å². The van der Waals surface area contributed by atoms with Gasteiger partial charge in [0.2, 0.25) is 0 Å². The smallest absolute Gasteiger partial charge is 0.292 e. The predicted molar refractivity (Wildman–Crippen MR) is 127 cm³/mol. The van der Waals surface area contributed by atoms with Gasteiger partial charge in [-0.1, -0.05) is 29.3 Å². The number of nitro benzene ring substituents is 1. The van der Waals surface area contributed by atoms with Crippen LogP contribution in [-0.2, 0) is 13.2 Å². The molecule has 0 fully saturated rings. The van der Waals surface area contributed by atoms with Crippen molar-refractivity contribution in [1.82, 2.24) is 9.78 Å². The predicted octanol–water partition coefficient (Wildman–Crippen LogP) is 5.88. The first-order valence-corrected chi connectivity index (χ1v) is 10.8. The van der Waals surface area contributed by atoms with Crippen LogP contribution in [0.4, 0.5) is 11.5 Å². The number of aromatic nitrogens is 2. The van der Waals surface area contributed by atoms with Crippen LogP contribution in [-0.4, -0.2) is 20.6 Å². The molecule has 0 saturated carbocycles. The highest BCUT2D eigenvalue weighted by molar-refractivity contribution is 6.35. The number of furan rings is 1. The van der Waals surface area contributed by atoms with E-state index >= 15 is 0 Å². The SMILES string of the molecule is Cc1cc(OCc2ccc(C(=O)Nc3ccn(Cc4ccc(Cl)cc4Cl)n3)o2)ccc1[N+](=O)[O-]. The lowest BCUT2D eigenvalue weighted by molar-refractivity contribution is -0.385. The highest BCUT2D eigenvalue weighted by Gasteiger charge is 2.15. The number of nitro groups is 1. The number of halogens is 2. The summed E-state index contributed by atoms with van der Waals surface area (Å²) in [4.78, 5) is 23.0. The monoisotopic (exact) mass is 500 g/mol. The van der Waals surface area contributed by atoms with Crippen molar-refractivity contribution in [3.05, 3.63) is 104 Å². The van der Waals surface area contributed by atoms with Crippen molar-refractivity contribution < 1.29 is 18.9 Å². The molecule has 34 heavy (non-hydrogen) atoms. The third-order valence-electron chi connectivity index (χ3n) is 4.86. The molecule has 4 aromatic rings. The molecule has 2 heterocycles. The van der Waals surface area contributed by atoms with Gasteiger partial charge in [0.05, 0.1) is 11.5 Å². The van der Waals surface area contributed by atoms with Gasteiger partial charge in [0.25, 0.3) is 11.6 Å². The van der Waals surface area contributed by atoms with E-state index < -0.39 is 10.8 Å². The van der Waals surface area contributed by atoms with Gasteiger partial charge in [0, 0.05) is 33.9 Å². The Morgan fingerprint density at radius 1 is 1.18 bits per heavy atom. The number of nitrogens with zero attached hydrogens (tertiary/aromatic N) is 3. The maximum atomic E-state index is 12.5. The first kappa shape index (κ1) is 23.3. The van der Waals surface area contributed by atoms with E-state index in [0.29, 0.717) is 39.5 Å². The van der Waals surface area contributed by atoms with Crippen molar-refractivity contribution >= 4 is 40.6 Å². The molecular weight excluding hydrogens is 483 g/mol. The number of carbonyl (C=O) groups excluding carboxylic acids is 1. The molecule has 0 radical (unpaired) electrons. The summed E-state index contributed by atoms with van der Waals surface area (Å²) in [6.45, 7) is 2.10. The number of aryl methyl sites for hydroxylation is 1. The summed E-state index contributed by atoms with van der Waals surface area (Å²) < 4.78 is 12.8. The second kappa shape index (κ2) is 9.98. The van der Waals surface area contributed by atoms with Crippen LogP contribution in [0.25, 0.3) is 0 Å². The molecule has 0 aliphatic heterocycles. The Kier molecular flexibility index (Phi) is 6.85. The van der Waals surface area contributed by atoms with Crippen LogP contribution in [0.1, 0.15) is 27.4 Å². The Labute approximate surface area is 204 Å². The van der Waals surface area contributed by atoms with E-state index in [1.807, 2.05) is 6.07 Å². The molecule has 0 saturated heterocycles. The number of benzene rings is 2. The number of carbonyl (C=O) groups is 1. The Balaban J connectivity index is 1.34. The lowest BCUT2D eigenvalue weighted by atomic mass is 10.2. The van der Waals surface area contributed by atoms with Crippen molar-refractivity contribution in [1.29, 1.82) is 0 Å². The van der Waals surface area contributed by atoms with Gasteiger partial charge in [-0.2, -0.15) is 5.10 Å². The van der Waals surface area contributed by atoms with Crippen molar-refractivity contribution in [3.8, 4) is 5.75 Å². The van der Waals surface area contributed by atoms with Gasteiger partial charge in [-0.25, -0.2) is 0 Å².